The molecule has 0 amide bonds. The van der Waals surface area contributed by atoms with Gasteiger partial charge in [-0.3, -0.25) is 0 Å². The fourth-order valence-electron chi connectivity index (χ4n) is 2.82. The molecule has 2 unspecified atom stereocenters. The van der Waals surface area contributed by atoms with Crippen molar-refractivity contribution in [1.82, 2.24) is 5.32 Å². The Morgan fingerprint density at radius 3 is 2.88 bits per heavy atom. The number of para-hydroxylation sites is 1. The summed E-state index contributed by atoms with van der Waals surface area (Å²) in [7, 11) is 3.83. The zero-order chi connectivity index (χ0) is 11.4. The molecule has 0 aliphatic heterocycles. The van der Waals surface area contributed by atoms with E-state index in [-0.39, 0.29) is 0 Å². The maximum Gasteiger partial charge on any atom is 0.122 e. The van der Waals surface area contributed by atoms with Crippen molar-refractivity contribution in [2.24, 2.45) is 5.92 Å². The molecule has 2 rings (SSSR count). The Morgan fingerprint density at radius 1 is 1.31 bits per heavy atom. The van der Waals surface area contributed by atoms with Crippen LogP contribution in [-0.4, -0.2) is 20.2 Å². The van der Waals surface area contributed by atoms with Crippen LogP contribution >= 0.6 is 0 Å². The first-order valence-corrected chi connectivity index (χ1v) is 6.14. The van der Waals surface area contributed by atoms with E-state index >= 15 is 0 Å². The predicted molar refractivity (Wildman–Crippen MR) is 66.9 cm³/mol. The second-order valence-corrected chi connectivity index (χ2v) is 4.60. The SMILES string of the molecule is CNC1CCCC1Cc1ccccc1OC. The number of rotatable bonds is 4. The van der Waals surface area contributed by atoms with Crippen LogP contribution in [0.3, 0.4) is 0 Å². The zero-order valence-electron chi connectivity index (χ0n) is 10.2. The highest BCUT2D eigenvalue weighted by Gasteiger charge is 2.26. The Morgan fingerprint density at radius 2 is 2.12 bits per heavy atom. The highest BCUT2D eigenvalue weighted by molar-refractivity contribution is 5.33. The first-order valence-electron chi connectivity index (χ1n) is 6.14. The van der Waals surface area contributed by atoms with E-state index in [1.165, 1.54) is 24.8 Å². The van der Waals surface area contributed by atoms with Crippen LogP contribution in [0, 0.1) is 5.92 Å². The molecule has 1 aromatic rings. The molecule has 1 aliphatic rings. The Labute approximate surface area is 98.0 Å². The predicted octanol–water partition coefficient (Wildman–Crippen LogP) is 2.63. The smallest absolute Gasteiger partial charge is 0.122 e. The van der Waals surface area contributed by atoms with E-state index in [2.05, 4.69) is 30.6 Å². The Kier molecular flexibility index (Phi) is 3.83. The molecule has 0 radical (unpaired) electrons. The number of hydrogen-bond donors (Lipinski definition) is 1. The van der Waals surface area contributed by atoms with E-state index in [1.54, 1.807) is 7.11 Å². The van der Waals surface area contributed by atoms with E-state index in [1.807, 2.05) is 6.07 Å². The normalized spacial score (nSPS) is 24.6. The maximum atomic E-state index is 5.40. The third-order valence-electron chi connectivity index (χ3n) is 3.70. The minimum atomic E-state index is 0.685. The lowest BCUT2D eigenvalue weighted by molar-refractivity contribution is 0.390. The highest BCUT2D eigenvalue weighted by Crippen LogP contribution is 2.31. The zero-order valence-corrected chi connectivity index (χ0v) is 10.2. The molecule has 1 saturated carbocycles. The number of nitrogens with one attached hydrogen (secondary N) is 1. The summed E-state index contributed by atoms with van der Waals surface area (Å²) >= 11 is 0. The molecule has 0 spiro atoms. The molecule has 16 heavy (non-hydrogen) atoms. The standard InChI is InChI=1S/C14H21NO/c1-15-13-8-5-7-11(13)10-12-6-3-4-9-14(12)16-2/h3-4,6,9,11,13,15H,5,7-8,10H2,1-2H3. The van der Waals surface area contributed by atoms with Gasteiger partial charge < -0.3 is 10.1 Å². The van der Waals surface area contributed by atoms with Crippen molar-refractivity contribution < 1.29 is 4.74 Å². The molecule has 1 aliphatic carbocycles. The summed E-state index contributed by atoms with van der Waals surface area (Å²) in [5.74, 6) is 1.80. The number of benzene rings is 1. The fourth-order valence-corrected chi connectivity index (χ4v) is 2.82. The molecule has 2 heteroatoms. The number of hydrogen-bond acceptors (Lipinski definition) is 2. The molecular weight excluding hydrogens is 198 g/mol. The largest absolute Gasteiger partial charge is 0.496 e. The summed E-state index contributed by atoms with van der Waals surface area (Å²) in [6, 6.07) is 9.06. The van der Waals surface area contributed by atoms with Gasteiger partial charge in [-0.25, -0.2) is 0 Å². The van der Waals surface area contributed by atoms with Crippen LogP contribution in [0.5, 0.6) is 5.75 Å². The third-order valence-corrected chi connectivity index (χ3v) is 3.70. The summed E-state index contributed by atoms with van der Waals surface area (Å²) in [6.45, 7) is 0. The van der Waals surface area contributed by atoms with Gasteiger partial charge in [-0.1, -0.05) is 24.6 Å². The van der Waals surface area contributed by atoms with E-state index in [0.29, 0.717) is 6.04 Å². The van der Waals surface area contributed by atoms with Crippen LogP contribution in [-0.2, 0) is 6.42 Å². The van der Waals surface area contributed by atoms with Gasteiger partial charge in [0.1, 0.15) is 5.75 Å². The van der Waals surface area contributed by atoms with E-state index < -0.39 is 0 Å². The molecule has 1 N–H and O–H groups in total. The van der Waals surface area contributed by atoms with Crippen molar-refractivity contribution >= 4 is 0 Å². The first kappa shape index (κ1) is 11.5. The van der Waals surface area contributed by atoms with E-state index in [0.717, 1.165) is 18.1 Å². The first-order chi connectivity index (χ1) is 7.85. The summed E-state index contributed by atoms with van der Waals surface area (Å²) in [4.78, 5) is 0. The lowest BCUT2D eigenvalue weighted by Crippen LogP contribution is -2.30. The molecule has 2 atom stereocenters. The molecule has 1 aromatic carbocycles. The average molecular weight is 219 g/mol. The summed E-state index contributed by atoms with van der Waals surface area (Å²) in [6.07, 6.45) is 5.14. The lowest BCUT2D eigenvalue weighted by Gasteiger charge is -2.20. The molecule has 2 nitrogen and oxygen atoms in total. The van der Waals surface area contributed by atoms with E-state index in [4.69, 9.17) is 4.74 Å². The summed E-state index contributed by atoms with van der Waals surface area (Å²) in [5.41, 5.74) is 1.34. The van der Waals surface area contributed by atoms with Crippen molar-refractivity contribution in [3.05, 3.63) is 29.8 Å². The van der Waals surface area contributed by atoms with Crippen LogP contribution < -0.4 is 10.1 Å². The lowest BCUT2D eigenvalue weighted by atomic mass is 9.94. The van der Waals surface area contributed by atoms with Crippen molar-refractivity contribution in [2.45, 2.75) is 31.7 Å². The van der Waals surface area contributed by atoms with Crippen molar-refractivity contribution in [3.63, 3.8) is 0 Å². The van der Waals surface area contributed by atoms with Crippen LogP contribution in [0.4, 0.5) is 0 Å². The van der Waals surface area contributed by atoms with Gasteiger partial charge in [0.2, 0.25) is 0 Å². The molecule has 0 bridgehead atoms. The van der Waals surface area contributed by atoms with Crippen molar-refractivity contribution in [3.8, 4) is 5.75 Å². The fraction of sp³-hybridized carbons (Fsp3) is 0.571. The molecule has 0 heterocycles. The molecule has 88 valence electrons. The highest BCUT2D eigenvalue weighted by atomic mass is 16.5. The quantitative estimate of drug-likeness (QED) is 0.840. The minimum absolute atomic E-state index is 0.685. The second-order valence-electron chi connectivity index (χ2n) is 4.60. The van der Waals surface area contributed by atoms with Crippen molar-refractivity contribution in [2.75, 3.05) is 14.2 Å². The third kappa shape index (κ3) is 2.38. The minimum Gasteiger partial charge on any atom is -0.496 e. The number of methoxy groups -OCH3 is 1. The van der Waals surface area contributed by atoms with Crippen LogP contribution in [0.1, 0.15) is 24.8 Å². The Hall–Kier alpha value is -1.02. The van der Waals surface area contributed by atoms with Gasteiger partial charge >= 0.3 is 0 Å². The van der Waals surface area contributed by atoms with Gasteiger partial charge in [-0.15, -0.1) is 0 Å². The molecule has 0 saturated heterocycles. The topological polar surface area (TPSA) is 21.3 Å². The maximum absolute atomic E-state index is 5.40. The van der Waals surface area contributed by atoms with Gasteiger partial charge in [-0.2, -0.15) is 0 Å². The summed E-state index contributed by atoms with van der Waals surface area (Å²) in [5, 5.41) is 3.43. The van der Waals surface area contributed by atoms with Crippen LogP contribution in [0.25, 0.3) is 0 Å². The average Bonchev–Trinajstić information content (AvgIpc) is 2.77. The molecule has 0 aromatic heterocycles. The van der Waals surface area contributed by atoms with Crippen molar-refractivity contribution in [1.29, 1.82) is 0 Å². The van der Waals surface area contributed by atoms with Crippen LogP contribution in [0.15, 0.2) is 24.3 Å². The number of ether oxygens (including phenoxy) is 1. The summed E-state index contributed by atoms with van der Waals surface area (Å²) < 4.78 is 5.40. The van der Waals surface area contributed by atoms with Gasteiger partial charge in [0.25, 0.3) is 0 Å². The Bertz CT molecular complexity index is 337. The van der Waals surface area contributed by atoms with E-state index in [9.17, 15) is 0 Å². The van der Waals surface area contributed by atoms with Crippen LogP contribution in [0.2, 0.25) is 0 Å². The second kappa shape index (κ2) is 5.35. The van der Waals surface area contributed by atoms with Gasteiger partial charge in [-0.05, 0) is 43.9 Å². The van der Waals surface area contributed by atoms with Gasteiger partial charge in [0, 0.05) is 6.04 Å². The van der Waals surface area contributed by atoms with Gasteiger partial charge in [0.15, 0.2) is 0 Å². The Balaban J connectivity index is 2.08. The monoisotopic (exact) mass is 219 g/mol. The molecular formula is C14H21NO. The van der Waals surface area contributed by atoms with Gasteiger partial charge in [0.05, 0.1) is 7.11 Å². The molecule has 1 fully saturated rings.